The van der Waals surface area contributed by atoms with Crippen LogP contribution in [0.15, 0.2) is 36.9 Å². The Morgan fingerprint density at radius 1 is 1.33 bits per heavy atom. The maximum Gasteiger partial charge on any atom is 0.419 e. The quantitative estimate of drug-likeness (QED) is 0.756. The molecule has 18 heavy (non-hydrogen) atoms. The number of ether oxygens (including phenoxy) is 1. The van der Waals surface area contributed by atoms with Crippen molar-refractivity contribution in [1.29, 1.82) is 0 Å². The van der Waals surface area contributed by atoms with Crippen molar-refractivity contribution in [3.63, 3.8) is 0 Å². The molecule has 0 aliphatic heterocycles. The molecule has 0 aliphatic carbocycles. The fourth-order valence-corrected chi connectivity index (χ4v) is 1.84. The summed E-state index contributed by atoms with van der Waals surface area (Å²) in [5, 5.41) is 0.998. The van der Waals surface area contributed by atoms with Gasteiger partial charge in [0.25, 0.3) is 0 Å². The molecular weight excluding hydrogens is 226 g/mol. The number of benzene rings is 1. The zero-order chi connectivity index (χ0) is 13.3. The van der Waals surface area contributed by atoms with E-state index in [-0.39, 0.29) is 6.09 Å². The first kappa shape index (κ1) is 12.4. The van der Waals surface area contributed by atoms with Crippen LogP contribution in [0.5, 0.6) is 0 Å². The largest absolute Gasteiger partial charge is 0.443 e. The van der Waals surface area contributed by atoms with Gasteiger partial charge in [-0.2, -0.15) is 0 Å². The maximum atomic E-state index is 12.2. The summed E-state index contributed by atoms with van der Waals surface area (Å²) in [6, 6.07) is 9.62. The molecule has 0 N–H and O–H groups in total. The summed E-state index contributed by atoms with van der Waals surface area (Å²) in [5.74, 6) is 0. The fourth-order valence-electron chi connectivity index (χ4n) is 1.84. The van der Waals surface area contributed by atoms with Gasteiger partial charge >= 0.3 is 6.09 Å². The average molecular weight is 243 g/mol. The molecule has 0 amide bonds. The van der Waals surface area contributed by atoms with Gasteiger partial charge in [-0.1, -0.05) is 24.8 Å². The van der Waals surface area contributed by atoms with E-state index >= 15 is 0 Å². The summed E-state index contributed by atoms with van der Waals surface area (Å²) >= 11 is 0. The molecule has 1 aromatic carbocycles. The maximum absolute atomic E-state index is 12.2. The lowest BCUT2D eigenvalue weighted by molar-refractivity contribution is 0.0543. The number of aromatic nitrogens is 1. The van der Waals surface area contributed by atoms with Crippen molar-refractivity contribution in [3.05, 3.63) is 42.6 Å². The van der Waals surface area contributed by atoms with Crippen molar-refractivity contribution >= 4 is 23.1 Å². The second kappa shape index (κ2) is 4.33. The van der Waals surface area contributed by atoms with Crippen LogP contribution in [0.25, 0.3) is 17.0 Å². The van der Waals surface area contributed by atoms with Crippen LogP contribution < -0.4 is 0 Å². The smallest absolute Gasteiger partial charge is 0.419 e. The lowest BCUT2D eigenvalue weighted by Gasteiger charge is -2.20. The summed E-state index contributed by atoms with van der Waals surface area (Å²) in [5.41, 5.74) is 1.06. The molecule has 1 aromatic heterocycles. The van der Waals surface area contributed by atoms with E-state index in [9.17, 15) is 4.79 Å². The van der Waals surface area contributed by atoms with Gasteiger partial charge in [-0.25, -0.2) is 9.36 Å². The number of para-hydroxylation sites is 1. The SMILES string of the molecule is C=Cc1cc2ccccc2n1C(=O)OC(C)(C)C. The van der Waals surface area contributed by atoms with E-state index < -0.39 is 5.60 Å². The third kappa shape index (κ3) is 2.30. The summed E-state index contributed by atoms with van der Waals surface area (Å²) in [6.07, 6.45) is 1.28. The number of rotatable bonds is 1. The summed E-state index contributed by atoms with van der Waals surface area (Å²) in [6.45, 7) is 9.29. The first-order valence-electron chi connectivity index (χ1n) is 5.88. The lowest BCUT2D eigenvalue weighted by atomic mass is 10.2. The Balaban J connectivity index is 2.55. The third-order valence-corrected chi connectivity index (χ3v) is 2.52. The summed E-state index contributed by atoms with van der Waals surface area (Å²) in [7, 11) is 0. The molecule has 0 spiro atoms. The topological polar surface area (TPSA) is 31.2 Å². The molecule has 0 radical (unpaired) electrons. The molecule has 0 saturated heterocycles. The fraction of sp³-hybridized carbons (Fsp3) is 0.267. The molecule has 2 rings (SSSR count). The van der Waals surface area contributed by atoms with E-state index in [2.05, 4.69) is 6.58 Å². The molecule has 0 atom stereocenters. The van der Waals surface area contributed by atoms with Gasteiger partial charge in [-0.15, -0.1) is 0 Å². The lowest BCUT2D eigenvalue weighted by Crippen LogP contribution is -2.27. The molecule has 2 aromatic rings. The predicted octanol–water partition coefficient (Wildman–Crippen LogP) is 4.07. The van der Waals surface area contributed by atoms with Crippen LogP contribution in [0.4, 0.5) is 4.79 Å². The van der Waals surface area contributed by atoms with Gasteiger partial charge in [0.1, 0.15) is 5.60 Å². The molecular formula is C15H17NO2. The molecule has 0 saturated carbocycles. The number of carbonyl (C=O) groups excluding carboxylic acids is 1. The van der Waals surface area contributed by atoms with Crippen LogP contribution >= 0.6 is 0 Å². The number of fused-ring (bicyclic) bond motifs is 1. The Kier molecular flexibility index (Phi) is 2.99. The average Bonchev–Trinajstić information content (AvgIpc) is 2.64. The highest BCUT2D eigenvalue weighted by Gasteiger charge is 2.20. The molecule has 94 valence electrons. The molecule has 0 unspecified atom stereocenters. The van der Waals surface area contributed by atoms with Gasteiger partial charge in [0.05, 0.1) is 11.2 Å². The first-order valence-corrected chi connectivity index (χ1v) is 5.88. The number of nitrogens with zero attached hydrogens (tertiary/aromatic N) is 1. The van der Waals surface area contributed by atoms with Crippen molar-refractivity contribution in [2.45, 2.75) is 26.4 Å². The van der Waals surface area contributed by atoms with E-state index in [0.29, 0.717) is 0 Å². The molecule has 3 nitrogen and oxygen atoms in total. The number of hydrogen-bond donors (Lipinski definition) is 0. The minimum Gasteiger partial charge on any atom is -0.443 e. The Hall–Kier alpha value is -2.03. The second-order valence-electron chi connectivity index (χ2n) is 5.15. The highest BCUT2D eigenvalue weighted by molar-refractivity contribution is 5.93. The van der Waals surface area contributed by atoms with Gasteiger partial charge in [0, 0.05) is 5.39 Å². The van der Waals surface area contributed by atoms with Gasteiger partial charge in [-0.05, 0) is 39.0 Å². The second-order valence-corrected chi connectivity index (χ2v) is 5.15. The minimum absolute atomic E-state index is 0.376. The summed E-state index contributed by atoms with van der Waals surface area (Å²) in [4.78, 5) is 12.2. The number of hydrogen-bond acceptors (Lipinski definition) is 2. The van der Waals surface area contributed by atoms with Crippen molar-refractivity contribution in [2.75, 3.05) is 0 Å². The monoisotopic (exact) mass is 243 g/mol. The van der Waals surface area contributed by atoms with E-state index in [1.54, 1.807) is 10.6 Å². The van der Waals surface area contributed by atoms with Crippen molar-refractivity contribution < 1.29 is 9.53 Å². The Labute approximate surface area is 107 Å². The van der Waals surface area contributed by atoms with Gasteiger partial charge in [-0.3, -0.25) is 0 Å². The van der Waals surface area contributed by atoms with E-state index in [4.69, 9.17) is 4.74 Å². The van der Waals surface area contributed by atoms with Crippen LogP contribution in [0.3, 0.4) is 0 Å². The summed E-state index contributed by atoms with van der Waals surface area (Å²) < 4.78 is 6.96. The molecule has 1 heterocycles. The number of carbonyl (C=O) groups is 1. The van der Waals surface area contributed by atoms with Crippen molar-refractivity contribution in [2.24, 2.45) is 0 Å². The predicted molar refractivity (Wildman–Crippen MR) is 73.7 cm³/mol. The standard InChI is InChI=1S/C15H17NO2/c1-5-12-10-11-8-6-7-9-13(11)16(12)14(17)18-15(2,3)4/h5-10H,1H2,2-4H3. The van der Waals surface area contributed by atoms with E-state index in [1.165, 1.54) is 0 Å². The Morgan fingerprint density at radius 3 is 2.61 bits per heavy atom. The third-order valence-electron chi connectivity index (χ3n) is 2.52. The van der Waals surface area contributed by atoms with Crippen LogP contribution in [0, 0.1) is 0 Å². The molecule has 0 fully saturated rings. The van der Waals surface area contributed by atoms with Crippen LogP contribution in [0.1, 0.15) is 26.5 Å². The van der Waals surface area contributed by atoms with E-state index in [1.807, 2.05) is 51.1 Å². The van der Waals surface area contributed by atoms with Gasteiger partial charge in [0.15, 0.2) is 0 Å². The normalized spacial score (nSPS) is 11.5. The molecule has 0 bridgehead atoms. The van der Waals surface area contributed by atoms with Crippen molar-refractivity contribution in [3.8, 4) is 0 Å². The van der Waals surface area contributed by atoms with Crippen LogP contribution in [-0.4, -0.2) is 16.3 Å². The van der Waals surface area contributed by atoms with Gasteiger partial charge < -0.3 is 4.74 Å². The highest BCUT2D eigenvalue weighted by Crippen LogP contribution is 2.22. The molecule has 3 heteroatoms. The van der Waals surface area contributed by atoms with E-state index in [0.717, 1.165) is 16.6 Å². The molecule has 0 aliphatic rings. The van der Waals surface area contributed by atoms with Gasteiger partial charge in [0.2, 0.25) is 0 Å². The Bertz CT molecular complexity index is 602. The minimum atomic E-state index is -0.513. The van der Waals surface area contributed by atoms with Crippen molar-refractivity contribution in [1.82, 2.24) is 4.57 Å². The van der Waals surface area contributed by atoms with Crippen LogP contribution in [-0.2, 0) is 4.74 Å². The van der Waals surface area contributed by atoms with Crippen LogP contribution in [0.2, 0.25) is 0 Å². The first-order chi connectivity index (χ1) is 8.42. The zero-order valence-corrected chi connectivity index (χ0v) is 10.9. The zero-order valence-electron chi connectivity index (χ0n) is 10.9. The Morgan fingerprint density at radius 2 is 2.00 bits per heavy atom. The highest BCUT2D eigenvalue weighted by atomic mass is 16.6.